The molecule has 0 saturated heterocycles. The number of hydrogen-bond acceptors (Lipinski definition) is 2. The van der Waals surface area contributed by atoms with Crippen LogP contribution in [0.4, 0.5) is 0 Å². The van der Waals surface area contributed by atoms with Crippen LogP contribution in [-0.4, -0.2) is 28.3 Å². The molecule has 0 saturated carbocycles. The Bertz CT molecular complexity index is 823. The van der Waals surface area contributed by atoms with Crippen molar-refractivity contribution in [3.05, 3.63) is 70.2 Å². The van der Waals surface area contributed by atoms with E-state index in [0.717, 1.165) is 16.7 Å². The number of nitrogens with zero attached hydrogens (tertiary/aromatic N) is 1. The Labute approximate surface area is 179 Å². The third kappa shape index (κ3) is 7.21. The number of aryl methyl sites for hydroxylation is 1. The van der Waals surface area contributed by atoms with Crippen molar-refractivity contribution in [3.8, 4) is 0 Å². The summed E-state index contributed by atoms with van der Waals surface area (Å²) in [6.07, 6.45) is 0.794. The molecule has 0 heterocycles. The normalized spacial score (nSPS) is 12.3. The molecular weight excluding hydrogens is 384 g/mol. The van der Waals surface area contributed by atoms with Crippen LogP contribution >= 0.6 is 11.6 Å². The standard InChI is InChI=1S/C24H31ClN2O2/c1-6-21(23(29)26-24(3,4)5)27(16-19-11-13-20(25)14-12-19)22(28)15-18-9-7-17(2)8-10-18/h7-14,21H,6,15-16H2,1-5H3,(H,26,29)/t21-/m1/s1. The lowest BCUT2D eigenvalue weighted by Gasteiger charge is -2.33. The van der Waals surface area contributed by atoms with Crippen molar-refractivity contribution in [2.24, 2.45) is 0 Å². The van der Waals surface area contributed by atoms with Gasteiger partial charge in [0.15, 0.2) is 0 Å². The van der Waals surface area contributed by atoms with Crippen LogP contribution in [0, 0.1) is 6.92 Å². The second-order valence-corrected chi connectivity index (χ2v) is 8.91. The molecular formula is C24H31ClN2O2. The molecule has 1 atom stereocenters. The van der Waals surface area contributed by atoms with Crippen molar-refractivity contribution in [1.82, 2.24) is 10.2 Å². The topological polar surface area (TPSA) is 49.4 Å². The molecule has 0 unspecified atom stereocenters. The molecule has 2 rings (SSSR count). The maximum absolute atomic E-state index is 13.3. The Morgan fingerprint density at radius 3 is 2.07 bits per heavy atom. The molecule has 0 spiro atoms. The van der Waals surface area contributed by atoms with Crippen molar-refractivity contribution in [3.63, 3.8) is 0 Å². The molecule has 0 aliphatic heterocycles. The second-order valence-electron chi connectivity index (χ2n) is 8.47. The molecule has 4 nitrogen and oxygen atoms in total. The lowest BCUT2D eigenvalue weighted by molar-refractivity contribution is -0.141. The van der Waals surface area contributed by atoms with Crippen molar-refractivity contribution in [2.75, 3.05) is 0 Å². The van der Waals surface area contributed by atoms with Gasteiger partial charge in [-0.3, -0.25) is 9.59 Å². The van der Waals surface area contributed by atoms with E-state index in [1.165, 1.54) is 0 Å². The van der Waals surface area contributed by atoms with Gasteiger partial charge < -0.3 is 10.2 Å². The first-order chi connectivity index (χ1) is 13.6. The molecule has 2 aromatic carbocycles. The molecule has 0 radical (unpaired) electrons. The van der Waals surface area contributed by atoms with Gasteiger partial charge in [0, 0.05) is 17.1 Å². The van der Waals surface area contributed by atoms with E-state index < -0.39 is 6.04 Å². The highest BCUT2D eigenvalue weighted by Gasteiger charge is 2.30. The van der Waals surface area contributed by atoms with Crippen LogP contribution in [0.25, 0.3) is 0 Å². The second kappa shape index (κ2) is 9.93. The molecule has 29 heavy (non-hydrogen) atoms. The number of rotatable bonds is 7. The van der Waals surface area contributed by atoms with Gasteiger partial charge in [0.1, 0.15) is 6.04 Å². The molecule has 0 aromatic heterocycles. The van der Waals surface area contributed by atoms with Crippen LogP contribution in [-0.2, 0) is 22.6 Å². The van der Waals surface area contributed by atoms with Gasteiger partial charge in [0.05, 0.1) is 6.42 Å². The van der Waals surface area contributed by atoms with Crippen molar-refractivity contribution >= 4 is 23.4 Å². The number of halogens is 1. The largest absolute Gasteiger partial charge is 0.350 e. The monoisotopic (exact) mass is 414 g/mol. The summed E-state index contributed by atoms with van der Waals surface area (Å²) in [5.74, 6) is -0.203. The van der Waals surface area contributed by atoms with E-state index in [2.05, 4.69) is 5.32 Å². The zero-order chi connectivity index (χ0) is 21.6. The first kappa shape index (κ1) is 23.0. The van der Waals surface area contributed by atoms with Crippen LogP contribution in [0.15, 0.2) is 48.5 Å². The van der Waals surface area contributed by atoms with Crippen LogP contribution in [0.2, 0.25) is 5.02 Å². The van der Waals surface area contributed by atoms with Gasteiger partial charge in [-0.1, -0.05) is 60.5 Å². The third-order valence-corrected chi connectivity index (χ3v) is 4.88. The van der Waals surface area contributed by atoms with Crippen LogP contribution in [0.1, 0.15) is 50.8 Å². The van der Waals surface area contributed by atoms with E-state index in [-0.39, 0.29) is 23.8 Å². The van der Waals surface area contributed by atoms with E-state index in [0.29, 0.717) is 18.0 Å². The Balaban J connectivity index is 2.29. The summed E-state index contributed by atoms with van der Waals surface area (Å²) in [7, 11) is 0. The molecule has 0 fully saturated rings. The molecule has 0 bridgehead atoms. The van der Waals surface area contributed by atoms with Gasteiger partial charge in [0.2, 0.25) is 11.8 Å². The average molecular weight is 415 g/mol. The van der Waals surface area contributed by atoms with Gasteiger partial charge in [-0.25, -0.2) is 0 Å². The fourth-order valence-electron chi connectivity index (χ4n) is 3.14. The maximum atomic E-state index is 13.3. The number of benzene rings is 2. The van der Waals surface area contributed by atoms with Gasteiger partial charge in [0.25, 0.3) is 0 Å². The minimum atomic E-state index is -0.539. The van der Waals surface area contributed by atoms with Crippen LogP contribution in [0.3, 0.4) is 0 Å². The SMILES string of the molecule is CC[C@H](C(=O)NC(C)(C)C)N(Cc1ccc(Cl)cc1)C(=O)Cc1ccc(C)cc1. The zero-order valence-corrected chi connectivity index (χ0v) is 18.7. The van der Waals surface area contributed by atoms with E-state index in [1.54, 1.807) is 17.0 Å². The van der Waals surface area contributed by atoms with Gasteiger partial charge >= 0.3 is 0 Å². The smallest absolute Gasteiger partial charge is 0.243 e. The van der Waals surface area contributed by atoms with Crippen molar-refractivity contribution < 1.29 is 9.59 Å². The van der Waals surface area contributed by atoms with Gasteiger partial charge in [-0.2, -0.15) is 0 Å². The number of carbonyl (C=O) groups excluding carboxylic acids is 2. The molecule has 0 aliphatic carbocycles. The predicted molar refractivity (Wildman–Crippen MR) is 119 cm³/mol. The summed E-state index contributed by atoms with van der Waals surface area (Å²) in [6.45, 7) is 10.1. The molecule has 0 aliphatic rings. The fourth-order valence-corrected chi connectivity index (χ4v) is 3.27. The molecule has 5 heteroatoms. The molecule has 2 amide bonds. The molecule has 1 N–H and O–H groups in total. The fraction of sp³-hybridized carbons (Fsp3) is 0.417. The highest BCUT2D eigenvalue weighted by atomic mass is 35.5. The number of hydrogen-bond donors (Lipinski definition) is 1. The molecule has 156 valence electrons. The average Bonchev–Trinajstić information content (AvgIpc) is 2.63. The Morgan fingerprint density at radius 2 is 1.55 bits per heavy atom. The summed E-state index contributed by atoms with van der Waals surface area (Å²) in [5, 5.41) is 3.66. The summed E-state index contributed by atoms with van der Waals surface area (Å²) in [4.78, 5) is 27.9. The summed E-state index contributed by atoms with van der Waals surface area (Å²) in [5.41, 5.74) is 2.66. The summed E-state index contributed by atoms with van der Waals surface area (Å²) in [6, 6.07) is 14.8. The Morgan fingerprint density at radius 1 is 1.00 bits per heavy atom. The van der Waals surface area contributed by atoms with E-state index in [1.807, 2.05) is 71.0 Å². The minimum absolute atomic E-state index is 0.0697. The quantitative estimate of drug-likeness (QED) is 0.699. The predicted octanol–water partition coefficient (Wildman–Crippen LogP) is 4.91. The lowest BCUT2D eigenvalue weighted by atomic mass is 10.0. The number of carbonyl (C=O) groups is 2. The highest BCUT2D eigenvalue weighted by molar-refractivity contribution is 6.30. The first-order valence-corrected chi connectivity index (χ1v) is 10.4. The van der Waals surface area contributed by atoms with Crippen LogP contribution in [0.5, 0.6) is 0 Å². The zero-order valence-electron chi connectivity index (χ0n) is 18.0. The third-order valence-electron chi connectivity index (χ3n) is 4.63. The van der Waals surface area contributed by atoms with Crippen LogP contribution < -0.4 is 5.32 Å². The Kier molecular flexibility index (Phi) is 7.86. The number of amides is 2. The van der Waals surface area contributed by atoms with E-state index in [4.69, 9.17) is 11.6 Å². The van der Waals surface area contributed by atoms with Gasteiger partial charge in [-0.05, 0) is 57.4 Å². The molecule has 2 aromatic rings. The summed E-state index contributed by atoms with van der Waals surface area (Å²) >= 11 is 6.00. The van der Waals surface area contributed by atoms with Crippen molar-refractivity contribution in [1.29, 1.82) is 0 Å². The first-order valence-electron chi connectivity index (χ1n) is 10.0. The van der Waals surface area contributed by atoms with E-state index in [9.17, 15) is 9.59 Å². The Hall–Kier alpha value is -2.33. The number of nitrogens with one attached hydrogen (secondary N) is 1. The minimum Gasteiger partial charge on any atom is -0.350 e. The summed E-state index contributed by atoms with van der Waals surface area (Å²) < 4.78 is 0. The maximum Gasteiger partial charge on any atom is 0.243 e. The lowest BCUT2D eigenvalue weighted by Crippen LogP contribution is -2.53. The van der Waals surface area contributed by atoms with E-state index >= 15 is 0 Å². The van der Waals surface area contributed by atoms with Crippen molar-refractivity contribution in [2.45, 2.75) is 65.6 Å². The highest BCUT2D eigenvalue weighted by Crippen LogP contribution is 2.17. The van der Waals surface area contributed by atoms with Gasteiger partial charge in [-0.15, -0.1) is 0 Å².